The second kappa shape index (κ2) is 9.20. The van der Waals surface area contributed by atoms with E-state index >= 15 is 0 Å². The van der Waals surface area contributed by atoms with Crippen molar-refractivity contribution in [3.63, 3.8) is 0 Å². The summed E-state index contributed by atoms with van der Waals surface area (Å²) in [5, 5.41) is 11.4. The van der Waals surface area contributed by atoms with Gasteiger partial charge in [-0.15, -0.1) is 0 Å². The number of aliphatic hydroxyl groups excluding tert-OH is 1. The second-order valence-electron chi connectivity index (χ2n) is 8.35. The van der Waals surface area contributed by atoms with Crippen LogP contribution >= 0.6 is 0 Å². The molecule has 0 aliphatic carbocycles. The van der Waals surface area contributed by atoms with Crippen molar-refractivity contribution < 1.29 is 14.6 Å². The molecule has 0 unspecified atom stereocenters. The second-order valence-corrected chi connectivity index (χ2v) is 13.7. The third-order valence-corrected chi connectivity index (χ3v) is 7.27. The van der Waals surface area contributed by atoms with Gasteiger partial charge in [0.1, 0.15) is 0 Å². The Kier molecular flexibility index (Phi) is 6.67. The van der Waals surface area contributed by atoms with Crippen molar-refractivity contribution in [1.29, 1.82) is 0 Å². The number of carbonyl (C=O) groups excluding carboxylic acids is 1. The van der Waals surface area contributed by atoms with Gasteiger partial charge in [0.05, 0.1) is 25.5 Å². The molecule has 3 atom stereocenters. The molecule has 3 nitrogen and oxygen atoms in total. The maximum absolute atomic E-state index is 12.9. The lowest BCUT2D eigenvalue weighted by Gasteiger charge is -2.38. The zero-order chi connectivity index (χ0) is 20.9. The van der Waals surface area contributed by atoms with E-state index in [1.807, 2.05) is 78.9 Å². The molecule has 0 spiro atoms. The molecule has 3 aromatic carbocycles. The van der Waals surface area contributed by atoms with Gasteiger partial charge in [-0.05, 0) is 23.3 Å². The van der Waals surface area contributed by atoms with E-state index in [1.54, 1.807) is 12.1 Å². The number of ether oxygens (including phenoxy) is 1. The van der Waals surface area contributed by atoms with Gasteiger partial charge >= 0.3 is 5.97 Å². The monoisotopic (exact) mass is 404 g/mol. The summed E-state index contributed by atoms with van der Waals surface area (Å²) in [6.45, 7) is 6.51. The highest BCUT2D eigenvalue weighted by atomic mass is 28.3. The number of carbonyl (C=O) groups is 1. The van der Waals surface area contributed by atoms with E-state index in [-0.39, 0.29) is 11.9 Å². The first-order chi connectivity index (χ1) is 13.9. The number of aliphatic hydroxyl groups is 1. The van der Waals surface area contributed by atoms with E-state index in [0.29, 0.717) is 5.56 Å². The summed E-state index contributed by atoms with van der Waals surface area (Å²) in [5.41, 5.74) is 1.92. The molecule has 0 aliphatic rings. The molecule has 29 heavy (non-hydrogen) atoms. The van der Waals surface area contributed by atoms with Crippen LogP contribution in [0.4, 0.5) is 0 Å². The zero-order valence-electron chi connectivity index (χ0n) is 17.2. The molecular weight excluding hydrogens is 376 g/mol. The molecule has 1 N–H and O–H groups in total. The quantitative estimate of drug-likeness (QED) is 0.411. The van der Waals surface area contributed by atoms with E-state index < -0.39 is 19.9 Å². The molecule has 150 valence electrons. The third-order valence-electron chi connectivity index (χ3n) is 5.09. The molecule has 3 aromatic rings. The Labute approximate surface area is 174 Å². The molecule has 0 radical (unpaired) electrons. The van der Waals surface area contributed by atoms with Crippen LogP contribution in [0.5, 0.6) is 0 Å². The first kappa shape index (κ1) is 21.0. The Bertz CT molecular complexity index is 905. The summed E-state index contributed by atoms with van der Waals surface area (Å²) < 4.78 is 6.12. The van der Waals surface area contributed by atoms with E-state index in [0.717, 1.165) is 11.1 Å². The Morgan fingerprint density at radius 1 is 0.759 bits per heavy atom. The van der Waals surface area contributed by atoms with Crippen LogP contribution in [0.1, 0.15) is 33.5 Å². The molecule has 4 heteroatoms. The topological polar surface area (TPSA) is 46.5 Å². The van der Waals surface area contributed by atoms with Crippen LogP contribution < -0.4 is 0 Å². The molecule has 0 aromatic heterocycles. The molecule has 0 bridgehead atoms. The largest absolute Gasteiger partial charge is 0.462 e. The standard InChI is InChI=1S/C25H28O3Si/c1-29(2,3)25(28-24(27)21-17-11-6-12-18-21)22(19-13-7-4-8-14-19)23(26)20-15-9-5-10-16-20/h4-18,22-23,25-26H,1-3H3/t22-,23-,25-/m1/s1. The van der Waals surface area contributed by atoms with Crippen LogP contribution in [-0.2, 0) is 4.74 Å². The van der Waals surface area contributed by atoms with Crippen LogP contribution in [-0.4, -0.2) is 24.9 Å². The third kappa shape index (κ3) is 5.22. The van der Waals surface area contributed by atoms with Crippen molar-refractivity contribution in [2.75, 3.05) is 0 Å². The molecule has 3 rings (SSSR count). The van der Waals surface area contributed by atoms with Gasteiger partial charge in [-0.25, -0.2) is 4.79 Å². The highest BCUT2D eigenvalue weighted by Crippen LogP contribution is 2.39. The fourth-order valence-electron chi connectivity index (χ4n) is 3.60. The van der Waals surface area contributed by atoms with Crippen LogP contribution in [0.25, 0.3) is 0 Å². The van der Waals surface area contributed by atoms with Gasteiger partial charge in [-0.3, -0.25) is 0 Å². The van der Waals surface area contributed by atoms with Gasteiger partial charge in [0.15, 0.2) is 0 Å². The van der Waals surface area contributed by atoms with E-state index in [1.165, 1.54) is 0 Å². The Hall–Kier alpha value is -2.69. The van der Waals surface area contributed by atoms with Crippen molar-refractivity contribution >= 4 is 14.0 Å². The predicted molar refractivity (Wildman–Crippen MR) is 120 cm³/mol. The lowest BCUT2D eigenvalue weighted by molar-refractivity contribution is 0.0231. The van der Waals surface area contributed by atoms with Crippen molar-refractivity contribution in [3.8, 4) is 0 Å². The fraction of sp³-hybridized carbons (Fsp3) is 0.240. The number of hydrogen-bond acceptors (Lipinski definition) is 3. The summed E-state index contributed by atoms with van der Waals surface area (Å²) in [7, 11) is -2.03. The van der Waals surface area contributed by atoms with Gasteiger partial charge in [0.25, 0.3) is 0 Å². The molecule has 0 fully saturated rings. The van der Waals surface area contributed by atoms with Gasteiger partial charge in [0.2, 0.25) is 0 Å². The van der Waals surface area contributed by atoms with E-state index in [4.69, 9.17) is 4.74 Å². The first-order valence-corrected chi connectivity index (χ1v) is 13.5. The van der Waals surface area contributed by atoms with Crippen molar-refractivity contribution in [3.05, 3.63) is 108 Å². The number of hydrogen-bond donors (Lipinski definition) is 1. The summed E-state index contributed by atoms with van der Waals surface area (Å²) >= 11 is 0. The lowest BCUT2D eigenvalue weighted by Crippen LogP contribution is -2.47. The molecule has 0 saturated heterocycles. The van der Waals surface area contributed by atoms with E-state index in [2.05, 4.69) is 19.6 Å². The minimum atomic E-state index is -2.03. The Morgan fingerprint density at radius 2 is 1.21 bits per heavy atom. The Balaban J connectivity index is 2.02. The van der Waals surface area contributed by atoms with Crippen molar-refractivity contribution in [2.45, 2.75) is 37.4 Å². The normalized spacial score (nSPS) is 14.6. The van der Waals surface area contributed by atoms with Gasteiger partial charge in [-0.2, -0.15) is 0 Å². The summed E-state index contributed by atoms with van der Waals surface area (Å²) in [4.78, 5) is 12.9. The first-order valence-electron chi connectivity index (χ1n) is 9.92. The number of benzene rings is 3. The number of rotatable bonds is 7. The average molecular weight is 405 g/mol. The SMILES string of the molecule is C[Si](C)(C)[C@@H](OC(=O)c1ccccc1)[C@H](c1ccccc1)[C@H](O)c1ccccc1. The van der Waals surface area contributed by atoms with Crippen LogP contribution in [0, 0.1) is 0 Å². The van der Waals surface area contributed by atoms with Gasteiger partial charge in [-0.1, -0.05) is 98.5 Å². The lowest BCUT2D eigenvalue weighted by atomic mass is 9.89. The molecule has 0 amide bonds. The molecule has 0 aliphatic heterocycles. The van der Waals surface area contributed by atoms with Crippen LogP contribution in [0.2, 0.25) is 19.6 Å². The van der Waals surface area contributed by atoms with Crippen LogP contribution in [0.3, 0.4) is 0 Å². The highest BCUT2D eigenvalue weighted by molar-refractivity contribution is 6.77. The molecule has 0 heterocycles. The minimum absolute atomic E-state index is 0.348. The summed E-state index contributed by atoms with van der Waals surface area (Å²) in [6.07, 6.45) is -0.779. The summed E-state index contributed by atoms with van der Waals surface area (Å²) in [5.74, 6) is -0.697. The van der Waals surface area contributed by atoms with Crippen molar-refractivity contribution in [2.24, 2.45) is 0 Å². The molecular formula is C25H28O3Si. The van der Waals surface area contributed by atoms with Gasteiger partial charge in [0, 0.05) is 5.92 Å². The Morgan fingerprint density at radius 3 is 1.69 bits per heavy atom. The van der Waals surface area contributed by atoms with E-state index in [9.17, 15) is 9.90 Å². The maximum Gasteiger partial charge on any atom is 0.338 e. The minimum Gasteiger partial charge on any atom is -0.462 e. The molecule has 0 saturated carbocycles. The van der Waals surface area contributed by atoms with Gasteiger partial charge < -0.3 is 9.84 Å². The zero-order valence-corrected chi connectivity index (χ0v) is 18.2. The average Bonchev–Trinajstić information content (AvgIpc) is 2.74. The number of esters is 1. The summed E-state index contributed by atoms with van der Waals surface area (Å²) in [6, 6.07) is 28.5. The highest BCUT2D eigenvalue weighted by Gasteiger charge is 2.42. The maximum atomic E-state index is 12.9. The smallest absolute Gasteiger partial charge is 0.338 e. The predicted octanol–water partition coefficient (Wildman–Crippen LogP) is 5.61. The fourth-order valence-corrected chi connectivity index (χ4v) is 5.51. The van der Waals surface area contributed by atoms with Crippen LogP contribution in [0.15, 0.2) is 91.0 Å². The van der Waals surface area contributed by atoms with Crippen molar-refractivity contribution in [1.82, 2.24) is 0 Å².